The first kappa shape index (κ1) is 20.5. The number of rotatable bonds is 6. The fourth-order valence-electron chi connectivity index (χ4n) is 3.38. The number of benzene rings is 2. The Kier molecular flexibility index (Phi) is 5.96. The highest BCUT2D eigenvalue weighted by Gasteiger charge is 2.25. The lowest BCUT2D eigenvalue weighted by molar-refractivity contribution is -0.120. The van der Waals surface area contributed by atoms with Crippen LogP contribution in [0, 0.1) is 18.6 Å². The third-order valence-electron chi connectivity index (χ3n) is 4.88. The van der Waals surface area contributed by atoms with Gasteiger partial charge in [-0.05, 0) is 49.2 Å². The average molecular weight is 400 g/mol. The Balaban J connectivity index is 2.12. The van der Waals surface area contributed by atoms with Gasteiger partial charge in [0.05, 0.1) is 11.9 Å². The van der Waals surface area contributed by atoms with E-state index in [-0.39, 0.29) is 28.8 Å². The van der Waals surface area contributed by atoms with E-state index in [0.29, 0.717) is 17.8 Å². The van der Waals surface area contributed by atoms with Crippen LogP contribution in [0.4, 0.5) is 8.78 Å². The smallest absolute Gasteiger partial charge is 0.262 e. The number of unbranched alkanes of at least 4 members (excludes halogenated alkanes) is 1. The quantitative estimate of drug-likeness (QED) is 0.613. The number of hydrogen-bond donors (Lipinski definition) is 2. The molecule has 0 unspecified atom stereocenters. The Labute approximate surface area is 167 Å². The van der Waals surface area contributed by atoms with Crippen LogP contribution < -0.4 is 5.32 Å². The van der Waals surface area contributed by atoms with Crippen LogP contribution >= 0.6 is 0 Å². The maximum atomic E-state index is 14.8. The van der Waals surface area contributed by atoms with E-state index in [0.717, 1.165) is 25.0 Å². The monoisotopic (exact) mass is 400 g/mol. The van der Waals surface area contributed by atoms with Gasteiger partial charge in [-0.3, -0.25) is 14.2 Å². The summed E-state index contributed by atoms with van der Waals surface area (Å²) in [6, 6.07) is 7.76. The second-order valence-corrected chi connectivity index (χ2v) is 6.89. The van der Waals surface area contributed by atoms with Crippen molar-refractivity contribution in [2.24, 2.45) is 0 Å². The first-order valence-corrected chi connectivity index (χ1v) is 9.43. The van der Waals surface area contributed by atoms with E-state index >= 15 is 0 Å². The summed E-state index contributed by atoms with van der Waals surface area (Å²) < 4.78 is 29.6. The summed E-state index contributed by atoms with van der Waals surface area (Å²) in [5, 5.41) is 12.6. The lowest BCUT2D eigenvalue weighted by Crippen LogP contribution is -2.26. The molecule has 2 N–H and O–H groups in total. The van der Waals surface area contributed by atoms with E-state index < -0.39 is 23.3 Å². The Hall–Kier alpha value is -3.22. The normalized spacial score (nSPS) is 11.0. The molecule has 1 heterocycles. The van der Waals surface area contributed by atoms with E-state index in [1.807, 2.05) is 6.92 Å². The van der Waals surface area contributed by atoms with Crippen LogP contribution in [0.2, 0.25) is 0 Å². The number of phenolic OH excluding ortho intramolecular Hbond substituents is 1. The molecule has 0 spiro atoms. The predicted molar refractivity (Wildman–Crippen MR) is 106 cm³/mol. The van der Waals surface area contributed by atoms with Gasteiger partial charge >= 0.3 is 0 Å². The summed E-state index contributed by atoms with van der Waals surface area (Å²) in [4.78, 5) is 25.4. The highest BCUT2D eigenvalue weighted by Crippen LogP contribution is 2.33. The molecule has 0 saturated heterocycles. The molecule has 0 aliphatic rings. The molecule has 0 radical (unpaired) electrons. The molecule has 0 aliphatic heterocycles. The minimum Gasteiger partial charge on any atom is -0.505 e. The molecule has 0 atom stereocenters. The number of halogens is 2. The topological polar surface area (TPSA) is 71.3 Å². The summed E-state index contributed by atoms with van der Waals surface area (Å²) in [5.74, 6) is -2.88. The summed E-state index contributed by atoms with van der Waals surface area (Å²) in [7, 11) is 0. The number of carbonyl (C=O) groups excluding carboxylic acids is 2. The summed E-state index contributed by atoms with van der Waals surface area (Å²) in [6.45, 7) is 4.10. The molecule has 152 valence electrons. The number of nitrogens with one attached hydrogen (secondary N) is 1. The number of aromatic hydroxyl groups is 1. The molecule has 3 rings (SSSR count). The van der Waals surface area contributed by atoms with Crippen molar-refractivity contribution in [1.29, 1.82) is 0 Å². The summed E-state index contributed by atoms with van der Waals surface area (Å²) >= 11 is 0. The lowest BCUT2D eigenvalue weighted by Gasteiger charge is -2.08. The number of hydrogen-bond acceptors (Lipinski definition) is 3. The zero-order chi connectivity index (χ0) is 21.1. The molecule has 1 amide bonds. The standard InChI is InChI=1S/C22H22F2N2O3/c1-3-4-10-25-19(28)12-16-13(2)26(17-8-9-18(27)21(24)20(16)17)22(29)14-6-5-7-15(23)11-14/h5-9,11,27H,3-4,10,12H2,1-2H3,(H,25,28). The van der Waals surface area contributed by atoms with Crippen LogP contribution in [0.3, 0.4) is 0 Å². The molecule has 3 aromatic rings. The number of phenols is 1. The fraction of sp³-hybridized carbons (Fsp3) is 0.273. The highest BCUT2D eigenvalue weighted by atomic mass is 19.1. The second-order valence-electron chi connectivity index (χ2n) is 6.89. The molecular weight excluding hydrogens is 378 g/mol. The molecule has 0 fully saturated rings. The van der Waals surface area contributed by atoms with Gasteiger partial charge in [-0.15, -0.1) is 0 Å². The zero-order valence-electron chi connectivity index (χ0n) is 16.3. The van der Waals surface area contributed by atoms with Gasteiger partial charge in [0, 0.05) is 23.2 Å². The Morgan fingerprint density at radius 1 is 1.17 bits per heavy atom. The van der Waals surface area contributed by atoms with E-state index in [9.17, 15) is 23.5 Å². The third kappa shape index (κ3) is 3.99. The predicted octanol–water partition coefficient (Wildman–Crippen LogP) is 4.08. The van der Waals surface area contributed by atoms with Crippen molar-refractivity contribution in [1.82, 2.24) is 9.88 Å². The van der Waals surface area contributed by atoms with Crippen molar-refractivity contribution < 1.29 is 23.5 Å². The van der Waals surface area contributed by atoms with Crippen LogP contribution in [0.15, 0.2) is 36.4 Å². The molecule has 0 saturated carbocycles. The largest absolute Gasteiger partial charge is 0.505 e. The van der Waals surface area contributed by atoms with Crippen LogP contribution in [0.1, 0.15) is 41.4 Å². The maximum Gasteiger partial charge on any atom is 0.262 e. The first-order chi connectivity index (χ1) is 13.8. The van der Waals surface area contributed by atoms with Crippen molar-refractivity contribution in [2.75, 3.05) is 6.54 Å². The van der Waals surface area contributed by atoms with Crippen molar-refractivity contribution in [3.8, 4) is 5.75 Å². The number of fused-ring (bicyclic) bond motifs is 1. The fourth-order valence-corrected chi connectivity index (χ4v) is 3.38. The number of amides is 1. The van der Waals surface area contributed by atoms with Crippen LogP contribution in [-0.4, -0.2) is 28.0 Å². The van der Waals surface area contributed by atoms with E-state index in [2.05, 4.69) is 5.32 Å². The van der Waals surface area contributed by atoms with Gasteiger partial charge in [0.2, 0.25) is 5.91 Å². The van der Waals surface area contributed by atoms with Crippen LogP contribution in [0.5, 0.6) is 5.75 Å². The third-order valence-corrected chi connectivity index (χ3v) is 4.88. The number of nitrogens with zero attached hydrogens (tertiary/aromatic N) is 1. The van der Waals surface area contributed by atoms with Gasteiger partial charge in [-0.25, -0.2) is 8.78 Å². The van der Waals surface area contributed by atoms with Gasteiger partial charge in [-0.1, -0.05) is 19.4 Å². The molecule has 29 heavy (non-hydrogen) atoms. The Morgan fingerprint density at radius 2 is 1.93 bits per heavy atom. The molecule has 0 aliphatic carbocycles. The van der Waals surface area contributed by atoms with E-state index in [1.54, 1.807) is 6.92 Å². The minimum atomic E-state index is -0.896. The van der Waals surface area contributed by atoms with E-state index in [1.165, 1.54) is 28.8 Å². The molecule has 1 aromatic heterocycles. The summed E-state index contributed by atoms with van der Waals surface area (Å²) in [6.07, 6.45) is 1.60. The van der Waals surface area contributed by atoms with E-state index in [4.69, 9.17) is 0 Å². The highest BCUT2D eigenvalue weighted by molar-refractivity contribution is 6.05. The molecule has 0 bridgehead atoms. The van der Waals surface area contributed by atoms with Gasteiger partial charge in [0.1, 0.15) is 5.82 Å². The number of carbonyl (C=O) groups is 2. The van der Waals surface area contributed by atoms with Gasteiger partial charge in [-0.2, -0.15) is 0 Å². The molecular formula is C22H22F2N2O3. The second kappa shape index (κ2) is 8.43. The molecule has 2 aromatic carbocycles. The average Bonchev–Trinajstić information content (AvgIpc) is 2.96. The lowest BCUT2D eigenvalue weighted by atomic mass is 10.1. The van der Waals surface area contributed by atoms with Crippen molar-refractivity contribution >= 4 is 22.7 Å². The maximum absolute atomic E-state index is 14.8. The van der Waals surface area contributed by atoms with Gasteiger partial charge < -0.3 is 10.4 Å². The van der Waals surface area contributed by atoms with Crippen molar-refractivity contribution in [3.05, 3.63) is 64.9 Å². The zero-order valence-corrected chi connectivity index (χ0v) is 16.3. The SMILES string of the molecule is CCCCNC(=O)Cc1c(C)n(C(=O)c2cccc(F)c2)c2ccc(O)c(F)c12. The minimum absolute atomic E-state index is 0.0119. The summed E-state index contributed by atoms with van der Waals surface area (Å²) in [5.41, 5.74) is 0.984. The van der Waals surface area contributed by atoms with Crippen LogP contribution in [-0.2, 0) is 11.2 Å². The number of aromatic nitrogens is 1. The molecule has 7 heteroatoms. The first-order valence-electron chi connectivity index (χ1n) is 9.43. The Morgan fingerprint density at radius 3 is 2.62 bits per heavy atom. The molecule has 5 nitrogen and oxygen atoms in total. The Bertz CT molecular complexity index is 1090. The van der Waals surface area contributed by atoms with Crippen molar-refractivity contribution in [2.45, 2.75) is 33.1 Å². The van der Waals surface area contributed by atoms with Crippen LogP contribution in [0.25, 0.3) is 10.9 Å². The van der Waals surface area contributed by atoms with Crippen molar-refractivity contribution in [3.63, 3.8) is 0 Å². The van der Waals surface area contributed by atoms with Gasteiger partial charge in [0.15, 0.2) is 11.6 Å². The van der Waals surface area contributed by atoms with Gasteiger partial charge in [0.25, 0.3) is 5.91 Å².